The summed E-state index contributed by atoms with van der Waals surface area (Å²) in [5.41, 5.74) is 6.56. The normalized spacial score (nSPS) is 20.3. The van der Waals surface area contributed by atoms with Crippen molar-refractivity contribution in [2.45, 2.75) is 25.2 Å². The molecule has 0 radical (unpaired) electrons. The fraction of sp³-hybridized carbons (Fsp3) is 0.152. The van der Waals surface area contributed by atoms with Gasteiger partial charge in [0.25, 0.3) is 5.91 Å². The fourth-order valence-electron chi connectivity index (χ4n) is 6.34. The molecule has 0 aliphatic heterocycles. The predicted molar refractivity (Wildman–Crippen MR) is 158 cm³/mol. The first-order valence-electron chi connectivity index (χ1n) is 13.3. The first kappa shape index (κ1) is 24.4. The Morgan fingerprint density at radius 3 is 2.25 bits per heavy atom. The van der Waals surface area contributed by atoms with Crippen molar-refractivity contribution in [3.63, 3.8) is 0 Å². The number of carbonyl (C=O) groups excluding carboxylic acids is 2. The molecular formula is C33H26N4O2S. The molecule has 2 aromatic heterocycles. The number of nitrogens with zero attached hydrogens (tertiary/aromatic N) is 2. The first-order valence-corrected chi connectivity index (χ1v) is 14.2. The Morgan fingerprint density at radius 2 is 1.55 bits per heavy atom. The van der Waals surface area contributed by atoms with Gasteiger partial charge in [0.1, 0.15) is 5.82 Å². The second-order valence-corrected chi connectivity index (χ2v) is 11.5. The summed E-state index contributed by atoms with van der Waals surface area (Å²) in [7, 11) is 0. The number of carbonyl (C=O) groups is 2. The van der Waals surface area contributed by atoms with Gasteiger partial charge in [-0.05, 0) is 59.9 Å². The van der Waals surface area contributed by atoms with Crippen LogP contribution in [0.1, 0.15) is 57.8 Å². The van der Waals surface area contributed by atoms with Crippen LogP contribution in [0.2, 0.25) is 0 Å². The highest BCUT2D eigenvalue weighted by atomic mass is 32.1. The zero-order valence-electron chi connectivity index (χ0n) is 21.8. The lowest BCUT2D eigenvalue weighted by Crippen LogP contribution is -2.47. The highest BCUT2D eigenvalue weighted by Gasteiger charge is 2.53. The SMILES string of the molecule is CC1(C(=O)Nc2nc(-c3cccc(C(=O)Nc4ccccn4)c3)cs2)CC2c3ccccc3C1c1ccccc12. The number of amides is 2. The smallest absolute Gasteiger partial charge is 0.256 e. The molecule has 8 rings (SSSR count). The first-order chi connectivity index (χ1) is 19.5. The lowest BCUT2D eigenvalue weighted by atomic mass is 9.52. The highest BCUT2D eigenvalue weighted by molar-refractivity contribution is 7.14. The zero-order chi connectivity index (χ0) is 27.3. The lowest BCUT2D eigenvalue weighted by Gasteiger charge is -2.50. The molecule has 2 N–H and O–H groups in total. The van der Waals surface area contributed by atoms with Crippen LogP contribution in [0.15, 0.2) is 103 Å². The molecule has 1 unspecified atom stereocenters. The molecule has 6 nitrogen and oxygen atoms in total. The molecule has 2 bridgehead atoms. The average molecular weight is 543 g/mol. The standard InChI is InChI=1S/C33H26N4O2S/c1-33(18-26-22-11-2-4-13-24(22)29(33)25-14-5-3-12-23(25)26)31(39)37-32-35-27(19-40-32)20-9-8-10-21(17-20)30(38)36-28-15-6-7-16-34-28/h2-17,19,26,29H,18H2,1H3,(H,34,36,38)(H,35,37,39). The van der Waals surface area contributed by atoms with E-state index in [-0.39, 0.29) is 23.7 Å². The van der Waals surface area contributed by atoms with Crippen LogP contribution in [0.5, 0.6) is 0 Å². The van der Waals surface area contributed by atoms with Crippen LogP contribution in [0.4, 0.5) is 10.9 Å². The van der Waals surface area contributed by atoms with E-state index in [1.807, 2.05) is 23.6 Å². The van der Waals surface area contributed by atoms with Crippen molar-refractivity contribution in [1.29, 1.82) is 0 Å². The number of thiazole rings is 1. The Morgan fingerprint density at radius 1 is 0.850 bits per heavy atom. The van der Waals surface area contributed by atoms with E-state index in [0.29, 0.717) is 22.2 Å². The minimum Gasteiger partial charge on any atom is -0.307 e. The van der Waals surface area contributed by atoms with Gasteiger partial charge in [-0.1, -0.05) is 66.7 Å². The van der Waals surface area contributed by atoms with Crippen LogP contribution in [0, 0.1) is 5.41 Å². The molecule has 0 spiro atoms. The summed E-state index contributed by atoms with van der Waals surface area (Å²) in [6, 6.07) is 29.7. The molecule has 40 heavy (non-hydrogen) atoms. The second kappa shape index (κ2) is 9.54. The predicted octanol–water partition coefficient (Wildman–Crippen LogP) is 7.08. The number of anilines is 2. The number of aromatic nitrogens is 2. The van der Waals surface area contributed by atoms with E-state index in [1.165, 1.54) is 33.6 Å². The van der Waals surface area contributed by atoms with Gasteiger partial charge in [0, 0.05) is 34.5 Å². The molecule has 3 aliphatic carbocycles. The molecule has 5 aromatic rings. The van der Waals surface area contributed by atoms with Gasteiger partial charge in [0.05, 0.1) is 11.1 Å². The van der Waals surface area contributed by atoms with Crippen LogP contribution >= 0.6 is 11.3 Å². The minimum absolute atomic E-state index is 0.0152. The van der Waals surface area contributed by atoms with Gasteiger partial charge >= 0.3 is 0 Å². The minimum atomic E-state index is -0.608. The van der Waals surface area contributed by atoms with E-state index >= 15 is 0 Å². The van der Waals surface area contributed by atoms with E-state index < -0.39 is 5.41 Å². The van der Waals surface area contributed by atoms with Gasteiger partial charge in [0.2, 0.25) is 5.91 Å². The molecule has 1 atom stereocenters. The maximum Gasteiger partial charge on any atom is 0.256 e. The van der Waals surface area contributed by atoms with Gasteiger partial charge in [-0.25, -0.2) is 9.97 Å². The summed E-state index contributed by atoms with van der Waals surface area (Å²) in [6.45, 7) is 2.09. The maximum absolute atomic E-state index is 14.0. The quantitative estimate of drug-likeness (QED) is 0.249. The van der Waals surface area contributed by atoms with Crippen molar-refractivity contribution < 1.29 is 9.59 Å². The van der Waals surface area contributed by atoms with Crippen LogP contribution in [-0.2, 0) is 4.79 Å². The van der Waals surface area contributed by atoms with Gasteiger partial charge in [0.15, 0.2) is 5.13 Å². The van der Waals surface area contributed by atoms with Crippen molar-refractivity contribution in [2.75, 3.05) is 10.6 Å². The van der Waals surface area contributed by atoms with Crippen molar-refractivity contribution >= 4 is 34.1 Å². The second-order valence-electron chi connectivity index (χ2n) is 10.6. The third-order valence-electron chi connectivity index (χ3n) is 8.20. The van der Waals surface area contributed by atoms with Crippen molar-refractivity contribution in [2.24, 2.45) is 5.41 Å². The molecule has 3 aromatic carbocycles. The van der Waals surface area contributed by atoms with E-state index in [0.717, 1.165) is 12.0 Å². The Hall–Kier alpha value is -4.62. The monoisotopic (exact) mass is 542 g/mol. The number of fused-ring (bicyclic) bond motifs is 1. The summed E-state index contributed by atoms with van der Waals surface area (Å²) in [5.74, 6) is 0.409. The van der Waals surface area contributed by atoms with Crippen molar-refractivity contribution in [3.8, 4) is 11.3 Å². The van der Waals surface area contributed by atoms with Crippen LogP contribution in [-0.4, -0.2) is 21.8 Å². The molecule has 7 heteroatoms. The van der Waals surface area contributed by atoms with E-state index in [1.54, 1.807) is 30.5 Å². The summed E-state index contributed by atoms with van der Waals surface area (Å²) >= 11 is 1.39. The van der Waals surface area contributed by atoms with E-state index in [2.05, 4.69) is 71.1 Å². The van der Waals surface area contributed by atoms with Gasteiger partial charge in [-0.15, -0.1) is 11.3 Å². The zero-order valence-corrected chi connectivity index (χ0v) is 22.6. The van der Waals surface area contributed by atoms with Crippen molar-refractivity contribution in [1.82, 2.24) is 9.97 Å². The molecule has 0 saturated heterocycles. The Labute approximate surface area is 236 Å². The average Bonchev–Trinajstić information content (AvgIpc) is 3.46. The lowest BCUT2D eigenvalue weighted by molar-refractivity contribution is -0.126. The summed E-state index contributed by atoms with van der Waals surface area (Å²) in [5, 5.41) is 8.41. The third kappa shape index (κ3) is 4.01. The van der Waals surface area contributed by atoms with Crippen LogP contribution in [0.25, 0.3) is 11.3 Å². The number of pyridine rings is 1. The van der Waals surface area contributed by atoms with Crippen LogP contribution < -0.4 is 10.6 Å². The topological polar surface area (TPSA) is 84.0 Å². The molecule has 0 saturated carbocycles. The fourth-order valence-corrected chi connectivity index (χ4v) is 7.05. The number of hydrogen-bond donors (Lipinski definition) is 2. The summed E-state index contributed by atoms with van der Waals surface area (Å²) < 4.78 is 0. The highest BCUT2D eigenvalue weighted by Crippen LogP contribution is 2.61. The number of nitrogens with one attached hydrogen (secondary N) is 2. The number of rotatable bonds is 5. The largest absolute Gasteiger partial charge is 0.307 e. The summed E-state index contributed by atoms with van der Waals surface area (Å²) in [4.78, 5) is 35.6. The maximum atomic E-state index is 14.0. The molecule has 0 fully saturated rings. The van der Waals surface area contributed by atoms with Crippen molar-refractivity contribution in [3.05, 3.63) is 130 Å². The molecular weight excluding hydrogens is 516 g/mol. The van der Waals surface area contributed by atoms with Crippen LogP contribution in [0.3, 0.4) is 0 Å². The molecule has 3 aliphatic rings. The summed E-state index contributed by atoms with van der Waals surface area (Å²) in [6.07, 6.45) is 2.39. The third-order valence-corrected chi connectivity index (χ3v) is 8.96. The Bertz CT molecular complexity index is 1720. The van der Waals surface area contributed by atoms with E-state index in [4.69, 9.17) is 4.98 Å². The Kier molecular flexibility index (Phi) is 5.82. The van der Waals surface area contributed by atoms with E-state index in [9.17, 15) is 9.59 Å². The van der Waals surface area contributed by atoms with Gasteiger partial charge in [-0.3, -0.25) is 9.59 Å². The number of hydrogen-bond acceptors (Lipinski definition) is 5. The number of benzene rings is 3. The molecule has 2 heterocycles. The molecule has 2 amide bonds. The van der Waals surface area contributed by atoms with Gasteiger partial charge < -0.3 is 10.6 Å². The van der Waals surface area contributed by atoms with Gasteiger partial charge in [-0.2, -0.15) is 0 Å². The Balaban J connectivity index is 1.13. The molecule has 196 valence electrons.